The van der Waals surface area contributed by atoms with Gasteiger partial charge in [-0.05, 0) is 30.4 Å². The van der Waals surface area contributed by atoms with Crippen LogP contribution in [0.25, 0.3) is 11.3 Å². The highest BCUT2D eigenvalue weighted by Crippen LogP contribution is 2.24. The second-order valence-corrected chi connectivity index (χ2v) is 4.48. The van der Waals surface area contributed by atoms with Gasteiger partial charge in [0.2, 0.25) is 5.76 Å². The van der Waals surface area contributed by atoms with E-state index < -0.39 is 12.1 Å². The summed E-state index contributed by atoms with van der Waals surface area (Å²) in [5.41, 5.74) is 0.716. The van der Waals surface area contributed by atoms with E-state index in [-0.39, 0.29) is 18.2 Å². The summed E-state index contributed by atoms with van der Waals surface area (Å²) in [5, 5.41) is 1.43. The lowest BCUT2D eigenvalue weighted by Crippen LogP contribution is -2.40. The van der Waals surface area contributed by atoms with Gasteiger partial charge in [0.25, 0.3) is 0 Å². The molecule has 0 bridgehead atoms. The summed E-state index contributed by atoms with van der Waals surface area (Å²) >= 11 is 0. The molecule has 3 rings (SSSR count). The number of ether oxygens (including phenoxy) is 2. The Bertz CT molecular complexity index is 743. The average Bonchev–Trinajstić information content (AvgIpc) is 2.47. The summed E-state index contributed by atoms with van der Waals surface area (Å²) < 4.78 is 24.1. The number of rotatable bonds is 2. The first-order valence-electron chi connectivity index (χ1n) is 6.43. The summed E-state index contributed by atoms with van der Waals surface area (Å²) in [6.07, 6.45) is 3.92. The molecule has 0 saturated carbocycles. The van der Waals surface area contributed by atoms with E-state index in [2.05, 4.69) is 0 Å². The fourth-order valence-corrected chi connectivity index (χ4v) is 2.37. The third-order valence-corrected chi connectivity index (χ3v) is 3.22. The van der Waals surface area contributed by atoms with Crippen LogP contribution < -0.4 is 10.4 Å². The third-order valence-electron chi connectivity index (χ3n) is 3.22. The second-order valence-electron chi connectivity index (χ2n) is 4.48. The Morgan fingerprint density at radius 1 is 1.35 bits per heavy atom. The fourth-order valence-electron chi connectivity index (χ4n) is 2.37. The van der Waals surface area contributed by atoms with E-state index in [4.69, 9.17) is 9.47 Å². The Kier molecular flexibility index (Phi) is 3.14. The number of benzene rings is 1. The molecule has 0 saturated heterocycles. The Hall–Kier alpha value is -2.36. The zero-order chi connectivity index (χ0) is 14.1. The molecular weight excluding hydrogens is 259 g/mol. The van der Waals surface area contributed by atoms with Crippen molar-refractivity contribution in [2.75, 3.05) is 6.61 Å². The largest absolute Gasteiger partial charge is 0.474 e. The first-order valence-corrected chi connectivity index (χ1v) is 6.43. The number of carbonyl (C=O) groups excluding carboxylic acids is 1. The molecule has 1 aromatic rings. The van der Waals surface area contributed by atoms with Crippen LogP contribution in [-0.2, 0) is 14.3 Å². The van der Waals surface area contributed by atoms with Crippen LogP contribution in [0.5, 0.6) is 0 Å². The highest BCUT2D eigenvalue weighted by Gasteiger charge is 2.26. The molecule has 1 unspecified atom stereocenters. The quantitative estimate of drug-likeness (QED) is 0.762. The van der Waals surface area contributed by atoms with Gasteiger partial charge in [0.05, 0.1) is 6.61 Å². The number of carbonyl (C=O) groups is 1. The fraction of sp³-hybridized carbons (Fsp3) is 0.188. The van der Waals surface area contributed by atoms with E-state index in [1.807, 2.05) is 12.1 Å². The first kappa shape index (κ1) is 12.7. The topological polar surface area (TPSA) is 35.5 Å². The second kappa shape index (κ2) is 4.96. The highest BCUT2D eigenvalue weighted by atomic mass is 19.1. The van der Waals surface area contributed by atoms with E-state index in [0.29, 0.717) is 10.8 Å². The van der Waals surface area contributed by atoms with Crippen LogP contribution in [0, 0.1) is 0 Å². The summed E-state index contributed by atoms with van der Waals surface area (Å²) in [6, 6.07) is 7.28. The summed E-state index contributed by atoms with van der Waals surface area (Å²) in [7, 11) is 0. The standard InChI is InChI=1S/C16H13FO3/c1-2-19-16(18)15-12-6-4-3-5-11(12)13-9-10(17)7-8-14(13)20-15/h3-9,14H,2H2,1H3. The van der Waals surface area contributed by atoms with Crippen LogP contribution in [0.4, 0.5) is 4.39 Å². The summed E-state index contributed by atoms with van der Waals surface area (Å²) in [4.78, 5) is 12.0. The van der Waals surface area contributed by atoms with Gasteiger partial charge in [0.15, 0.2) is 0 Å². The molecule has 0 fully saturated rings. The van der Waals surface area contributed by atoms with Gasteiger partial charge in [-0.3, -0.25) is 0 Å². The van der Waals surface area contributed by atoms with Crippen LogP contribution in [0.15, 0.2) is 48.3 Å². The molecule has 2 aliphatic rings. The van der Waals surface area contributed by atoms with E-state index in [9.17, 15) is 9.18 Å². The van der Waals surface area contributed by atoms with Gasteiger partial charge in [-0.2, -0.15) is 0 Å². The van der Waals surface area contributed by atoms with Crippen molar-refractivity contribution in [3.63, 3.8) is 0 Å². The Morgan fingerprint density at radius 3 is 2.85 bits per heavy atom. The van der Waals surface area contributed by atoms with Crippen LogP contribution in [0.1, 0.15) is 6.92 Å². The van der Waals surface area contributed by atoms with E-state index in [1.54, 1.807) is 25.1 Å². The van der Waals surface area contributed by atoms with Gasteiger partial charge in [-0.15, -0.1) is 0 Å². The lowest BCUT2D eigenvalue weighted by molar-refractivity contribution is -0.138. The number of halogens is 1. The number of fused-ring (bicyclic) bond motifs is 2. The van der Waals surface area contributed by atoms with Crippen LogP contribution >= 0.6 is 0 Å². The molecule has 3 nitrogen and oxygen atoms in total. The van der Waals surface area contributed by atoms with Crippen molar-refractivity contribution in [1.82, 2.24) is 0 Å². The minimum Gasteiger partial charge on any atom is -0.474 e. The van der Waals surface area contributed by atoms with E-state index in [1.165, 1.54) is 12.2 Å². The van der Waals surface area contributed by atoms with Crippen molar-refractivity contribution < 1.29 is 18.7 Å². The van der Waals surface area contributed by atoms with Crippen LogP contribution in [0.2, 0.25) is 0 Å². The molecule has 1 atom stereocenters. The Labute approximate surface area is 115 Å². The number of hydrogen-bond acceptors (Lipinski definition) is 3. The Morgan fingerprint density at radius 2 is 2.10 bits per heavy atom. The van der Waals surface area contributed by atoms with Crippen molar-refractivity contribution in [3.8, 4) is 0 Å². The Balaban J connectivity index is 2.29. The minimum absolute atomic E-state index is 0.177. The molecule has 0 spiro atoms. The molecule has 1 heterocycles. The van der Waals surface area contributed by atoms with Gasteiger partial charge in [0, 0.05) is 10.8 Å². The number of hydrogen-bond donors (Lipinski definition) is 0. The monoisotopic (exact) mass is 272 g/mol. The van der Waals surface area contributed by atoms with Crippen molar-refractivity contribution in [2.45, 2.75) is 13.0 Å². The summed E-state index contributed by atoms with van der Waals surface area (Å²) in [5.74, 6) is -0.645. The first-order chi connectivity index (χ1) is 9.70. The van der Waals surface area contributed by atoms with Crippen LogP contribution in [-0.4, -0.2) is 18.7 Å². The van der Waals surface area contributed by atoms with Crippen molar-refractivity contribution in [2.24, 2.45) is 0 Å². The molecule has 1 aliphatic heterocycles. The molecular formula is C16H13FO3. The maximum atomic E-state index is 13.4. The molecule has 0 radical (unpaired) electrons. The molecule has 0 aromatic heterocycles. The van der Waals surface area contributed by atoms with Gasteiger partial charge in [0.1, 0.15) is 11.9 Å². The molecule has 20 heavy (non-hydrogen) atoms. The van der Waals surface area contributed by atoms with Crippen molar-refractivity contribution >= 4 is 17.3 Å². The predicted octanol–water partition coefficient (Wildman–Crippen LogP) is 1.33. The van der Waals surface area contributed by atoms with E-state index >= 15 is 0 Å². The zero-order valence-electron chi connectivity index (χ0n) is 10.9. The molecule has 102 valence electrons. The highest BCUT2D eigenvalue weighted by molar-refractivity contribution is 6.07. The molecule has 1 aliphatic carbocycles. The maximum absolute atomic E-state index is 13.4. The number of esters is 1. The maximum Gasteiger partial charge on any atom is 0.374 e. The molecule has 4 heteroatoms. The predicted molar refractivity (Wildman–Crippen MR) is 72.3 cm³/mol. The lowest BCUT2D eigenvalue weighted by Gasteiger charge is -2.24. The van der Waals surface area contributed by atoms with Gasteiger partial charge in [-0.1, -0.05) is 24.3 Å². The summed E-state index contributed by atoms with van der Waals surface area (Å²) in [6.45, 7) is 2.02. The minimum atomic E-state index is -0.498. The van der Waals surface area contributed by atoms with Crippen molar-refractivity contribution in [3.05, 3.63) is 58.8 Å². The van der Waals surface area contributed by atoms with Crippen molar-refractivity contribution in [1.29, 1.82) is 0 Å². The lowest BCUT2D eigenvalue weighted by atomic mass is 9.97. The molecule has 0 N–H and O–H groups in total. The normalized spacial score (nSPS) is 19.7. The third kappa shape index (κ3) is 2.03. The van der Waals surface area contributed by atoms with Gasteiger partial charge >= 0.3 is 5.97 Å². The zero-order valence-corrected chi connectivity index (χ0v) is 10.9. The van der Waals surface area contributed by atoms with Gasteiger partial charge < -0.3 is 9.47 Å². The SMILES string of the molecule is CCOC(=O)C1=c2ccccc2=C2C=C(F)C=CC2O1. The number of allylic oxidation sites excluding steroid dienone is 2. The van der Waals surface area contributed by atoms with E-state index in [0.717, 1.165) is 5.22 Å². The van der Waals surface area contributed by atoms with Crippen LogP contribution in [0.3, 0.4) is 0 Å². The smallest absolute Gasteiger partial charge is 0.374 e. The average molecular weight is 272 g/mol. The van der Waals surface area contributed by atoms with Gasteiger partial charge in [-0.25, -0.2) is 9.18 Å². The molecule has 0 amide bonds. The molecule has 1 aromatic carbocycles.